The number of rotatable bonds is 10. The van der Waals surface area contributed by atoms with E-state index in [1.54, 1.807) is 23.3 Å². The third-order valence-corrected chi connectivity index (χ3v) is 9.16. The van der Waals surface area contributed by atoms with Gasteiger partial charge in [0.05, 0.1) is 11.6 Å². The summed E-state index contributed by atoms with van der Waals surface area (Å²) in [5.41, 5.74) is 5.49. The third kappa shape index (κ3) is 5.86. The Labute approximate surface area is 239 Å². The van der Waals surface area contributed by atoms with Gasteiger partial charge in [-0.05, 0) is 80.3 Å². The summed E-state index contributed by atoms with van der Waals surface area (Å²) in [6.45, 7) is 6.44. The number of carbonyl (C=O) groups is 2. The van der Waals surface area contributed by atoms with Gasteiger partial charge < -0.3 is 24.7 Å². The number of ether oxygens (including phenoxy) is 1. The lowest BCUT2D eigenvalue weighted by Crippen LogP contribution is -2.44. The van der Waals surface area contributed by atoms with E-state index in [0.29, 0.717) is 25.1 Å². The third-order valence-electron chi connectivity index (χ3n) is 8.26. The maximum atomic E-state index is 12.7. The van der Waals surface area contributed by atoms with Crippen LogP contribution in [0.15, 0.2) is 41.8 Å². The molecule has 5 rings (SSSR count). The predicted octanol–water partition coefficient (Wildman–Crippen LogP) is 5.01. The van der Waals surface area contributed by atoms with Crippen molar-refractivity contribution in [3.8, 4) is 17.0 Å². The molecule has 2 aliphatic rings. The number of fused-ring (bicyclic) bond motifs is 2. The minimum atomic E-state index is -0.657. The number of hydrogen-bond donors (Lipinski definition) is 2. The Bertz CT molecular complexity index is 1380. The molecule has 1 saturated carbocycles. The molecule has 2 bridgehead atoms. The second-order valence-electron chi connectivity index (χ2n) is 11.1. The molecular weight excluding hydrogens is 526 g/mol. The molecule has 1 aliphatic heterocycles. The molecule has 3 aromatic rings. The van der Waals surface area contributed by atoms with Gasteiger partial charge in [-0.3, -0.25) is 9.59 Å². The van der Waals surface area contributed by atoms with Crippen LogP contribution in [0.5, 0.6) is 5.75 Å². The molecule has 212 valence electrons. The van der Waals surface area contributed by atoms with Crippen molar-refractivity contribution < 1.29 is 24.5 Å². The average Bonchev–Trinajstić information content (AvgIpc) is 3.54. The summed E-state index contributed by atoms with van der Waals surface area (Å²) in [7, 11) is 1.75. The Hall–Kier alpha value is -3.43. The van der Waals surface area contributed by atoms with E-state index < -0.39 is 5.97 Å². The number of hydrogen-bond acceptors (Lipinski definition) is 7. The molecule has 1 aliphatic carbocycles. The predicted molar refractivity (Wildman–Crippen MR) is 156 cm³/mol. The Balaban J connectivity index is 1.29. The number of thiazole rings is 1. The number of amides is 1. The number of nitrogens with zero attached hydrogens (tertiary/aromatic N) is 3. The highest BCUT2D eigenvalue weighted by Gasteiger charge is 2.46. The van der Waals surface area contributed by atoms with E-state index in [-0.39, 0.29) is 30.3 Å². The number of piperidine rings is 1. The van der Waals surface area contributed by atoms with E-state index in [9.17, 15) is 14.7 Å². The molecule has 0 radical (unpaired) electrons. The molecule has 2 fully saturated rings. The van der Waals surface area contributed by atoms with Crippen LogP contribution < -0.4 is 9.64 Å². The summed E-state index contributed by atoms with van der Waals surface area (Å²) >= 11 is 1.60. The minimum Gasteiger partial charge on any atom is -0.488 e. The number of aliphatic carboxylic acids is 1. The SMILES string of the molecule is Cc1ccc(OCc2ccc(C(=O)N(C)CCCO)cc2C)c(-c2csc(N3C[C@H]4CC[C@@H](C3)C4C(=O)O)n2)c1. The van der Waals surface area contributed by atoms with Gasteiger partial charge in [0.15, 0.2) is 5.13 Å². The monoisotopic (exact) mass is 563 g/mol. The molecule has 0 spiro atoms. The number of benzene rings is 2. The lowest BCUT2D eigenvalue weighted by molar-refractivity contribution is -0.144. The Kier molecular flexibility index (Phi) is 8.42. The normalized spacial score (nSPS) is 20.0. The second kappa shape index (κ2) is 12.0. The summed E-state index contributed by atoms with van der Waals surface area (Å²) in [6.07, 6.45) is 2.50. The van der Waals surface area contributed by atoms with Crippen molar-refractivity contribution in [3.63, 3.8) is 0 Å². The van der Waals surface area contributed by atoms with Gasteiger partial charge in [0.25, 0.3) is 5.91 Å². The molecule has 1 unspecified atom stereocenters. The van der Waals surface area contributed by atoms with E-state index in [4.69, 9.17) is 14.8 Å². The molecule has 2 N–H and O–H groups in total. The van der Waals surface area contributed by atoms with Crippen molar-refractivity contribution >= 4 is 28.3 Å². The van der Waals surface area contributed by atoms with Gasteiger partial charge in [-0.1, -0.05) is 17.7 Å². The highest BCUT2D eigenvalue weighted by molar-refractivity contribution is 7.14. The van der Waals surface area contributed by atoms with Crippen LogP contribution in [-0.2, 0) is 11.4 Å². The molecule has 2 aromatic carbocycles. The van der Waals surface area contributed by atoms with Crippen LogP contribution in [0.4, 0.5) is 5.13 Å². The quantitative estimate of drug-likeness (QED) is 0.358. The first-order valence-corrected chi connectivity index (χ1v) is 14.8. The van der Waals surface area contributed by atoms with E-state index >= 15 is 0 Å². The number of carbonyl (C=O) groups excluding carboxylic acids is 1. The van der Waals surface area contributed by atoms with Crippen molar-refractivity contribution in [2.24, 2.45) is 17.8 Å². The fourth-order valence-corrected chi connectivity index (χ4v) is 6.91. The molecule has 9 heteroatoms. The Morgan fingerprint density at radius 2 is 1.88 bits per heavy atom. The highest BCUT2D eigenvalue weighted by Crippen LogP contribution is 2.44. The number of carboxylic acids is 1. The number of aliphatic hydroxyl groups excluding tert-OH is 1. The topological polar surface area (TPSA) is 103 Å². The fraction of sp³-hybridized carbons (Fsp3) is 0.452. The van der Waals surface area contributed by atoms with Gasteiger partial charge in [0.2, 0.25) is 0 Å². The number of carboxylic acid groups (broad SMARTS) is 1. The smallest absolute Gasteiger partial charge is 0.307 e. The highest BCUT2D eigenvalue weighted by atomic mass is 32.1. The first-order valence-electron chi connectivity index (χ1n) is 13.9. The number of aliphatic hydroxyl groups is 1. The molecule has 3 atom stereocenters. The molecular formula is C31H37N3O5S. The molecule has 1 aromatic heterocycles. The van der Waals surface area contributed by atoms with Crippen LogP contribution in [0.25, 0.3) is 11.3 Å². The summed E-state index contributed by atoms with van der Waals surface area (Å²) in [5.74, 6) is 0.171. The number of aryl methyl sites for hydroxylation is 2. The second-order valence-corrected chi connectivity index (χ2v) is 12.0. The molecule has 1 saturated heterocycles. The zero-order chi connectivity index (χ0) is 28.4. The van der Waals surface area contributed by atoms with Crippen LogP contribution in [0.1, 0.15) is 46.3 Å². The Morgan fingerprint density at radius 1 is 1.12 bits per heavy atom. The van der Waals surface area contributed by atoms with Crippen molar-refractivity contribution in [3.05, 3.63) is 64.0 Å². The summed E-state index contributed by atoms with van der Waals surface area (Å²) in [5, 5.41) is 21.7. The van der Waals surface area contributed by atoms with Gasteiger partial charge in [0, 0.05) is 49.8 Å². The first kappa shape index (κ1) is 28.1. The van der Waals surface area contributed by atoms with Crippen LogP contribution >= 0.6 is 11.3 Å². The maximum Gasteiger partial charge on any atom is 0.307 e. The van der Waals surface area contributed by atoms with Gasteiger partial charge >= 0.3 is 5.97 Å². The standard InChI is InChI=1S/C31H37N3O5S/c1-19-5-10-27(39-17-24-9-6-21(14-20(24)2)29(36)33(3)11-4-12-35)25(13-19)26-18-40-31(32-26)34-15-22-7-8-23(16-34)28(22)30(37)38/h5-6,9-10,13-14,18,22-23,28,35H,4,7-8,11-12,15-17H2,1-3H3,(H,37,38)/t22-,23+,28?. The van der Waals surface area contributed by atoms with Crippen LogP contribution in [0.3, 0.4) is 0 Å². The summed E-state index contributed by atoms with van der Waals surface area (Å²) in [6, 6.07) is 11.7. The fourth-order valence-electron chi connectivity index (χ4n) is 6.06. The Morgan fingerprint density at radius 3 is 2.55 bits per heavy atom. The maximum absolute atomic E-state index is 12.7. The first-order chi connectivity index (χ1) is 19.2. The molecule has 8 nitrogen and oxygen atoms in total. The van der Waals surface area contributed by atoms with E-state index in [1.807, 2.05) is 44.2 Å². The van der Waals surface area contributed by atoms with E-state index in [0.717, 1.165) is 64.8 Å². The zero-order valence-electron chi connectivity index (χ0n) is 23.3. The van der Waals surface area contributed by atoms with Gasteiger partial charge in [-0.15, -0.1) is 11.3 Å². The van der Waals surface area contributed by atoms with Gasteiger partial charge in [-0.2, -0.15) is 0 Å². The summed E-state index contributed by atoms with van der Waals surface area (Å²) < 4.78 is 6.32. The van der Waals surface area contributed by atoms with Crippen LogP contribution in [0.2, 0.25) is 0 Å². The molecule has 1 amide bonds. The molecule has 40 heavy (non-hydrogen) atoms. The van der Waals surface area contributed by atoms with Crippen LogP contribution in [0, 0.1) is 31.6 Å². The lowest BCUT2D eigenvalue weighted by atomic mass is 9.85. The van der Waals surface area contributed by atoms with Crippen molar-refractivity contribution in [1.82, 2.24) is 9.88 Å². The summed E-state index contributed by atoms with van der Waals surface area (Å²) in [4.78, 5) is 33.3. The number of aromatic nitrogens is 1. The zero-order valence-corrected chi connectivity index (χ0v) is 24.1. The van der Waals surface area contributed by atoms with Gasteiger partial charge in [0.1, 0.15) is 12.4 Å². The van der Waals surface area contributed by atoms with Crippen molar-refractivity contribution in [2.75, 3.05) is 38.2 Å². The van der Waals surface area contributed by atoms with Crippen LogP contribution in [-0.4, -0.2) is 65.3 Å². The average molecular weight is 564 g/mol. The van der Waals surface area contributed by atoms with E-state index in [2.05, 4.69) is 16.3 Å². The largest absolute Gasteiger partial charge is 0.488 e. The van der Waals surface area contributed by atoms with Gasteiger partial charge in [-0.25, -0.2) is 4.98 Å². The minimum absolute atomic E-state index is 0.0581. The van der Waals surface area contributed by atoms with Crippen molar-refractivity contribution in [1.29, 1.82) is 0 Å². The number of anilines is 1. The lowest BCUT2D eigenvalue weighted by Gasteiger charge is -2.35. The van der Waals surface area contributed by atoms with E-state index in [1.165, 1.54) is 0 Å². The van der Waals surface area contributed by atoms with Crippen molar-refractivity contribution in [2.45, 2.75) is 39.7 Å². The molecule has 2 heterocycles.